The summed E-state index contributed by atoms with van der Waals surface area (Å²) < 4.78 is 0. The molecule has 0 bridgehead atoms. The van der Waals surface area contributed by atoms with Crippen LogP contribution in [0.4, 0.5) is 0 Å². The maximum Gasteiger partial charge on any atom is 0.207 e. The molecule has 0 spiro atoms. The van der Waals surface area contributed by atoms with Crippen molar-refractivity contribution in [3.63, 3.8) is 0 Å². The normalized spacial score (nSPS) is 13.8. The Morgan fingerprint density at radius 3 is 1.06 bits per heavy atom. The van der Waals surface area contributed by atoms with E-state index in [1.807, 2.05) is 0 Å². The van der Waals surface area contributed by atoms with E-state index in [9.17, 15) is 0 Å². The minimum atomic E-state index is 0.240. The van der Waals surface area contributed by atoms with Gasteiger partial charge in [-0.2, -0.15) is 0 Å². The Balaban J connectivity index is 1.60. The van der Waals surface area contributed by atoms with Crippen molar-refractivity contribution in [2.24, 2.45) is 5.41 Å². The monoisotopic (exact) mass is 410 g/mol. The SMILES string of the molecule is CC(C)(C)CC(B1c2ccccc2-c2ccccc21)B1c2ccccc2-c2ccccc21. The highest BCUT2D eigenvalue weighted by Crippen LogP contribution is 2.39. The van der Waals surface area contributed by atoms with Crippen LogP contribution in [-0.4, -0.2) is 13.4 Å². The summed E-state index contributed by atoms with van der Waals surface area (Å²) in [5.74, 6) is 0. The highest BCUT2D eigenvalue weighted by atomic mass is 14.3. The molecule has 2 aliphatic heterocycles. The summed E-state index contributed by atoms with van der Waals surface area (Å²) in [6.07, 6.45) is 1.17. The minimum absolute atomic E-state index is 0.240. The van der Waals surface area contributed by atoms with Gasteiger partial charge in [-0.05, 0) is 27.7 Å². The first-order chi connectivity index (χ1) is 15.5. The van der Waals surface area contributed by atoms with Crippen molar-refractivity contribution in [3.8, 4) is 22.3 Å². The zero-order valence-corrected chi connectivity index (χ0v) is 19.2. The van der Waals surface area contributed by atoms with Gasteiger partial charge in [0.15, 0.2) is 0 Å². The van der Waals surface area contributed by atoms with Crippen molar-refractivity contribution in [2.75, 3.05) is 0 Å². The summed E-state index contributed by atoms with van der Waals surface area (Å²) in [6.45, 7) is 8.02. The van der Waals surface area contributed by atoms with Gasteiger partial charge in [0.1, 0.15) is 0 Å². The first-order valence-electron chi connectivity index (χ1n) is 11.9. The van der Waals surface area contributed by atoms with E-state index < -0.39 is 0 Å². The molecule has 0 saturated carbocycles. The number of hydrogen-bond donors (Lipinski definition) is 0. The fourth-order valence-electron chi connectivity index (χ4n) is 6.45. The van der Waals surface area contributed by atoms with Crippen LogP contribution < -0.4 is 21.9 Å². The summed E-state index contributed by atoms with van der Waals surface area (Å²) in [5, 5.41) is 0. The second-order valence-electron chi connectivity index (χ2n) is 10.7. The van der Waals surface area contributed by atoms with E-state index in [-0.39, 0.29) is 5.41 Å². The largest absolute Gasteiger partial charge is 0.207 e. The highest BCUT2D eigenvalue weighted by molar-refractivity contribution is 7.06. The molecular weight excluding hydrogens is 382 g/mol. The van der Waals surface area contributed by atoms with E-state index in [1.165, 1.54) is 50.5 Å². The number of rotatable bonds is 3. The van der Waals surface area contributed by atoms with Gasteiger partial charge in [0, 0.05) is 0 Å². The summed E-state index contributed by atoms with van der Waals surface area (Å²) in [7, 11) is 0. The van der Waals surface area contributed by atoms with E-state index in [1.54, 1.807) is 0 Å². The van der Waals surface area contributed by atoms with Crippen LogP contribution >= 0.6 is 0 Å². The fraction of sp³-hybridized carbons (Fsp3) is 0.200. The maximum atomic E-state index is 2.40. The van der Waals surface area contributed by atoms with Crippen molar-refractivity contribution in [3.05, 3.63) is 97.1 Å². The van der Waals surface area contributed by atoms with Crippen LogP contribution in [0.3, 0.4) is 0 Å². The smallest absolute Gasteiger partial charge is 0.0669 e. The zero-order chi connectivity index (χ0) is 21.9. The molecule has 0 aromatic heterocycles. The quantitative estimate of drug-likeness (QED) is 0.421. The molecule has 0 radical (unpaired) electrons. The van der Waals surface area contributed by atoms with Crippen molar-refractivity contribution < 1.29 is 0 Å². The summed E-state index contributed by atoms with van der Waals surface area (Å²) in [4.78, 5) is 0. The Labute approximate surface area is 192 Å². The summed E-state index contributed by atoms with van der Waals surface area (Å²) in [6, 6.07) is 36.4. The molecule has 2 heterocycles. The Morgan fingerprint density at radius 1 is 0.500 bits per heavy atom. The Bertz CT molecular complexity index is 1130. The molecular formula is C30H28B2. The lowest BCUT2D eigenvalue weighted by Crippen LogP contribution is -2.55. The van der Waals surface area contributed by atoms with Gasteiger partial charge in [-0.25, -0.2) is 0 Å². The number of benzene rings is 4. The molecule has 0 unspecified atom stereocenters. The van der Waals surface area contributed by atoms with Crippen LogP contribution in [0.15, 0.2) is 97.1 Å². The topological polar surface area (TPSA) is 0 Å². The van der Waals surface area contributed by atoms with E-state index in [2.05, 4.69) is 118 Å². The molecule has 0 saturated heterocycles. The lowest BCUT2D eigenvalue weighted by Gasteiger charge is -2.33. The maximum absolute atomic E-state index is 2.40. The molecule has 154 valence electrons. The lowest BCUT2D eigenvalue weighted by atomic mass is 9.16. The molecule has 4 aromatic carbocycles. The first kappa shape index (κ1) is 19.7. The third kappa shape index (κ3) is 3.00. The Morgan fingerprint density at radius 2 is 0.781 bits per heavy atom. The highest BCUT2D eigenvalue weighted by Gasteiger charge is 2.47. The number of fused-ring (bicyclic) bond motifs is 6. The van der Waals surface area contributed by atoms with Crippen LogP contribution in [0, 0.1) is 5.41 Å². The molecule has 0 atom stereocenters. The average Bonchev–Trinajstić information content (AvgIpc) is 3.30. The van der Waals surface area contributed by atoms with Gasteiger partial charge in [0.2, 0.25) is 13.4 Å². The summed E-state index contributed by atoms with van der Waals surface area (Å²) >= 11 is 0. The van der Waals surface area contributed by atoms with Crippen LogP contribution in [-0.2, 0) is 0 Å². The van der Waals surface area contributed by atoms with Gasteiger partial charge in [0.25, 0.3) is 0 Å². The molecule has 0 fully saturated rings. The standard InChI is InChI=1S/C30H28B2/c1-30(2,3)20-29(31-25-16-8-4-12-21(25)22-13-5-9-17-26(22)31)32-27-18-10-6-14-23(27)24-15-7-11-19-28(24)32/h4-19,29H,20H2,1-3H3. The average molecular weight is 410 g/mol. The molecule has 0 aliphatic carbocycles. The molecule has 4 aromatic rings. The van der Waals surface area contributed by atoms with Crippen LogP contribution in [0.2, 0.25) is 5.72 Å². The van der Waals surface area contributed by atoms with Crippen LogP contribution in [0.5, 0.6) is 0 Å². The van der Waals surface area contributed by atoms with Gasteiger partial charge < -0.3 is 0 Å². The van der Waals surface area contributed by atoms with E-state index in [0.29, 0.717) is 19.1 Å². The third-order valence-electron chi connectivity index (χ3n) is 7.47. The second kappa shape index (κ2) is 7.27. The molecule has 0 N–H and O–H groups in total. The molecule has 6 rings (SSSR count). The molecule has 0 amide bonds. The molecule has 2 aliphatic rings. The Hall–Kier alpha value is -2.99. The van der Waals surface area contributed by atoms with Gasteiger partial charge in [-0.1, -0.05) is 152 Å². The second-order valence-corrected chi connectivity index (χ2v) is 10.7. The number of hydrogen-bond acceptors (Lipinski definition) is 0. The van der Waals surface area contributed by atoms with Crippen LogP contribution in [0.1, 0.15) is 27.2 Å². The third-order valence-corrected chi connectivity index (χ3v) is 7.47. The predicted octanol–water partition coefficient (Wildman–Crippen LogP) is 4.91. The Kier molecular flexibility index (Phi) is 4.47. The van der Waals surface area contributed by atoms with Crippen LogP contribution in [0.25, 0.3) is 22.3 Å². The zero-order valence-electron chi connectivity index (χ0n) is 19.2. The van der Waals surface area contributed by atoms with Gasteiger partial charge in [-0.3, -0.25) is 0 Å². The molecule has 0 nitrogen and oxygen atoms in total. The van der Waals surface area contributed by atoms with Crippen molar-refractivity contribution >= 4 is 35.3 Å². The van der Waals surface area contributed by atoms with E-state index >= 15 is 0 Å². The minimum Gasteiger partial charge on any atom is -0.0669 e. The lowest BCUT2D eigenvalue weighted by molar-refractivity contribution is 0.387. The molecule has 2 heteroatoms. The van der Waals surface area contributed by atoms with Crippen molar-refractivity contribution in [2.45, 2.75) is 32.9 Å². The van der Waals surface area contributed by atoms with Gasteiger partial charge >= 0.3 is 0 Å². The first-order valence-corrected chi connectivity index (χ1v) is 11.9. The van der Waals surface area contributed by atoms with E-state index in [0.717, 1.165) is 0 Å². The fourth-order valence-corrected chi connectivity index (χ4v) is 6.45. The summed E-state index contributed by atoms with van der Waals surface area (Å²) in [5.41, 5.74) is 12.4. The van der Waals surface area contributed by atoms with Gasteiger partial charge in [-0.15, -0.1) is 0 Å². The van der Waals surface area contributed by atoms with Gasteiger partial charge in [0.05, 0.1) is 0 Å². The molecule has 32 heavy (non-hydrogen) atoms. The van der Waals surface area contributed by atoms with Crippen molar-refractivity contribution in [1.29, 1.82) is 0 Å². The predicted molar refractivity (Wildman–Crippen MR) is 142 cm³/mol. The van der Waals surface area contributed by atoms with E-state index in [4.69, 9.17) is 0 Å². The van der Waals surface area contributed by atoms with Crippen molar-refractivity contribution in [1.82, 2.24) is 0 Å².